The Morgan fingerprint density at radius 1 is 1.40 bits per heavy atom. The van der Waals surface area contributed by atoms with Gasteiger partial charge in [0.1, 0.15) is 0 Å². The molecule has 2 heteroatoms. The van der Waals surface area contributed by atoms with Crippen molar-refractivity contribution in [2.75, 3.05) is 12.4 Å². The topological polar surface area (TPSA) is 20.2 Å². The Morgan fingerprint density at radius 3 is 2.80 bits per heavy atom. The molecule has 0 radical (unpaired) electrons. The third-order valence-electron chi connectivity index (χ3n) is 1.16. The second-order valence-electron chi connectivity index (χ2n) is 2.13. The SMILES string of the molecule is CCCCCS/C=C/CO. The monoisotopic (exact) mass is 160 g/mol. The predicted octanol–water partition coefficient (Wildman–Crippen LogP) is 2.42. The molecule has 0 bridgehead atoms. The first-order valence-electron chi connectivity index (χ1n) is 3.79. The number of aliphatic hydroxyl groups excluding tert-OH is 1. The van der Waals surface area contributed by atoms with E-state index in [1.165, 1.54) is 25.0 Å². The van der Waals surface area contributed by atoms with Gasteiger partial charge < -0.3 is 5.11 Å². The van der Waals surface area contributed by atoms with Gasteiger partial charge >= 0.3 is 0 Å². The van der Waals surface area contributed by atoms with Crippen LogP contribution in [0.5, 0.6) is 0 Å². The molecule has 10 heavy (non-hydrogen) atoms. The Hall–Kier alpha value is 0.0500. The maximum Gasteiger partial charge on any atom is 0.0620 e. The predicted molar refractivity (Wildman–Crippen MR) is 48.2 cm³/mol. The van der Waals surface area contributed by atoms with Crippen molar-refractivity contribution in [3.8, 4) is 0 Å². The van der Waals surface area contributed by atoms with E-state index in [1.807, 2.05) is 5.41 Å². The van der Waals surface area contributed by atoms with Crippen molar-refractivity contribution in [1.82, 2.24) is 0 Å². The number of thioether (sulfide) groups is 1. The molecule has 0 atom stereocenters. The molecule has 0 aliphatic heterocycles. The van der Waals surface area contributed by atoms with Gasteiger partial charge in [-0.2, -0.15) is 0 Å². The van der Waals surface area contributed by atoms with Crippen molar-refractivity contribution in [2.45, 2.75) is 26.2 Å². The molecule has 0 rings (SSSR count). The van der Waals surface area contributed by atoms with E-state index >= 15 is 0 Å². The first-order valence-corrected chi connectivity index (χ1v) is 4.84. The summed E-state index contributed by atoms with van der Waals surface area (Å²) in [6, 6.07) is 0. The van der Waals surface area contributed by atoms with E-state index in [0.717, 1.165) is 0 Å². The maximum atomic E-state index is 8.37. The third kappa shape index (κ3) is 8.05. The number of unbranched alkanes of at least 4 members (excludes halogenated alkanes) is 2. The molecule has 1 N–H and O–H groups in total. The summed E-state index contributed by atoms with van der Waals surface area (Å²) in [5.41, 5.74) is 0. The van der Waals surface area contributed by atoms with Crippen molar-refractivity contribution in [3.63, 3.8) is 0 Å². The summed E-state index contributed by atoms with van der Waals surface area (Å²) in [6.45, 7) is 2.37. The summed E-state index contributed by atoms with van der Waals surface area (Å²) in [4.78, 5) is 0. The van der Waals surface area contributed by atoms with Crippen LogP contribution in [0.15, 0.2) is 11.5 Å². The van der Waals surface area contributed by atoms with E-state index in [4.69, 9.17) is 5.11 Å². The molecule has 0 saturated heterocycles. The smallest absolute Gasteiger partial charge is 0.0620 e. The van der Waals surface area contributed by atoms with Crippen molar-refractivity contribution < 1.29 is 5.11 Å². The Bertz CT molecular complexity index is 81.3. The quantitative estimate of drug-likeness (QED) is 0.602. The molecule has 0 aromatic heterocycles. The Kier molecular flexibility index (Phi) is 9.10. The summed E-state index contributed by atoms with van der Waals surface area (Å²) >= 11 is 1.78. The van der Waals surface area contributed by atoms with Crippen LogP contribution in [0.3, 0.4) is 0 Å². The van der Waals surface area contributed by atoms with Gasteiger partial charge in [-0.1, -0.05) is 25.8 Å². The Labute approximate surface area is 67.5 Å². The normalized spacial score (nSPS) is 11.0. The minimum atomic E-state index is 0.167. The summed E-state index contributed by atoms with van der Waals surface area (Å²) in [5, 5.41) is 10.3. The fraction of sp³-hybridized carbons (Fsp3) is 0.750. The fourth-order valence-electron chi connectivity index (χ4n) is 0.615. The molecule has 0 amide bonds. The van der Waals surface area contributed by atoms with E-state index in [1.54, 1.807) is 17.8 Å². The van der Waals surface area contributed by atoms with Crippen LogP contribution < -0.4 is 0 Å². The first kappa shape index (κ1) is 10.0. The molecule has 0 unspecified atom stereocenters. The van der Waals surface area contributed by atoms with Crippen LogP contribution >= 0.6 is 11.8 Å². The lowest BCUT2D eigenvalue weighted by molar-refractivity contribution is 0.343. The van der Waals surface area contributed by atoms with Crippen molar-refractivity contribution in [3.05, 3.63) is 11.5 Å². The van der Waals surface area contributed by atoms with Gasteiger partial charge in [-0.15, -0.1) is 11.8 Å². The molecule has 0 saturated carbocycles. The van der Waals surface area contributed by atoms with Crippen LogP contribution in [0.25, 0.3) is 0 Å². The van der Waals surface area contributed by atoms with Crippen LogP contribution in [0, 0.1) is 0 Å². The molecule has 0 aliphatic rings. The molecule has 0 heterocycles. The molecule has 0 aromatic rings. The van der Waals surface area contributed by atoms with Crippen LogP contribution in [-0.4, -0.2) is 17.5 Å². The van der Waals surface area contributed by atoms with Gasteiger partial charge in [0.05, 0.1) is 6.61 Å². The third-order valence-corrected chi connectivity index (χ3v) is 2.07. The van der Waals surface area contributed by atoms with Crippen LogP contribution in [-0.2, 0) is 0 Å². The zero-order valence-electron chi connectivity index (χ0n) is 6.55. The average Bonchev–Trinajstić information content (AvgIpc) is 1.97. The lowest BCUT2D eigenvalue weighted by atomic mass is 10.3. The molecule has 0 aliphatic carbocycles. The van der Waals surface area contributed by atoms with Crippen molar-refractivity contribution in [2.24, 2.45) is 0 Å². The molecule has 0 spiro atoms. The fourth-order valence-corrected chi connectivity index (χ4v) is 1.34. The molecule has 1 nitrogen and oxygen atoms in total. The zero-order valence-corrected chi connectivity index (χ0v) is 7.36. The van der Waals surface area contributed by atoms with Gasteiger partial charge in [-0.25, -0.2) is 0 Å². The largest absolute Gasteiger partial charge is 0.392 e. The Balaban J connectivity index is 2.83. The summed E-state index contributed by atoms with van der Waals surface area (Å²) < 4.78 is 0. The van der Waals surface area contributed by atoms with Crippen LogP contribution in [0.2, 0.25) is 0 Å². The first-order chi connectivity index (χ1) is 4.91. The lowest BCUT2D eigenvalue weighted by Crippen LogP contribution is -1.76. The van der Waals surface area contributed by atoms with Crippen molar-refractivity contribution >= 4 is 11.8 Å². The second kappa shape index (κ2) is 9.05. The van der Waals surface area contributed by atoms with Gasteiger partial charge in [0.15, 0.2) is 0 Å². The van der Waals surface area contributed by atoms with Crippen molar-refractivity contribution in [1.29, 1.82) is 0 Å². The summed E-state index contributed by atoms with van der Waals surface area (Å²) in [6.07, 6.45) is 5.66. The highest BCUT2D eigenvalue weighted by Gasteiger charge is 1.83. The number of hydrogen-bond acceptors (Lipinski definition) is 2. The molecule has 0 aromatic carbocycles. The van der Waals surface area contributed by atoms with Gasteiger partial charge in [-0.05, 0) is 17.6 Å². The van der Waals surface area contributed by atoms with Gasteiger partial charge in [0, 0.05) is 0 Å². The minimum absolute atomic E-state index is 0.167. The van der Waals surface area contributed by atoms with Crippen LogP contribution in [0.4, 0.5) is 0 Å². The number of rotatable bonds is 6. The van der Waals surface area contributed by atoms with Crippen LogP contribution in [0.1, 0.15) is 26.2 Å². The highest BCUT2D eigenvalue weighted by Crippen LogP contribution is 2.06. The van der Waals surface area contributed by atoms with Gasteiger partial charge in [-0.3, -0.25) is 0 Å². The number of aliphatic hydroxyl groups is 1. The van der Waals surface area contributed by atoms with Gasteiger partial charge in [0.25, 0.3) is 0 Å². The van der Waals surface area contributed by atoms with Gasteiger partial charge in [0.2, 0.25) is 0 Å². The second-order valence-corrected chi connectivity index (χ2v) is 3.15. The summed E-state index contributed by atoms with van der Waals surface area (Å²) in [7, 11) is 0. The standard InChI is InChI=1S/C8H16OS/c1-2-3-4-7-10-8-5-6-9/h5,8-9H,2-4,6-7H2,1H3/b8-5+. The molecule has 0 fully saturated rings. The zero-order chi connectivity index (χ0) is 7.66. The van der Waals surface area contributed by atoms with E-state index in [-0.39, 0.29) is 6.61 Å². The van der Waals surface area contributed by atoms with E-state index < -0.39 is 0 Å². The average molecular weight is 160 g/mol. The Morgan fingerprint density at radius 2 is 2.20 bits per heavy atom. The number of hydrogen-bond donors (Lipinski definition) is 1. The van der Waals surface area contributed by atoms with E-state index in [0.29, 0.717) is 0 Å². The lowest BCUT2D eigenvalue weighted by Gasteiger charge is -1.92. The summed E-state index contributed by atoms with van der Waals surface area (Å²) in [5.74, 6) is 1.18. The maximum absolute atomic E-state index is 8.37. The molecule has 60 valence electrons. The van der Waals surface area contributed by atoms with E-state index in [9.17, 15) is 0 Å². The highest BCUT2D eigenvalue weighted by atomic mass is 32.2. The molecular formula is C8H16OS. The van der Waals surface area contributed by atoms with E-state index in [2.05, 4.69) is 6.92 Å². The highest BCUT2D eigenvalue weighted by molar-refractivity contribution is 8.02. The molecular weight excluding hydrogens is 144 g/mol. The minimum Gasteiger partial charge on any atom is -0.392 e.